The Hall–Kier alpha value is 0.259. The van der Waals surface area contributed by atoms with Crippen molar-refractivity contribution >= 4 is 75.7 Å². The van der Waals surface area contributed by atoms with Gasteiger partial charge in [0.25, 0.3) is 0 Å². The molecule has 6 nitrogen and oxygen atoms in total. The van der Waals surface area contributed by atoms with Gasteiger partial charge in [-0.3, -0.25) is 0 Å². The van der Waals surface area contributed by atoms with Crippen LogP contribution in [-0.4, -0.2) is 74.9 Å². The molecule has 0 saturated carbocycles. The van der Waals surface area contributed by atoms with Crippen LogP contribution in [0.25, 0.3) is 0 Å². The summed E-state index contributed by atoms with van der Waals surface area (Å²) >= 11 is 6.01. The van der Waals surface area contributed by atoms with E-state index in [4.69, 9.17) is 0 Å². The Morgan fingerprint density at radius 2 is 0.352 bits per heavy atom. The molecule has 0 aromatic carbocycles. The van der Waals surface area contributed by atoms with Crippen LogP contribution in [0.4, 0.5) is 0 Å². The summed E-state index contributed by atoms with van der Waals surface area (Å²) in [6.45, 7) is 6.83. The van der Waals surface area contributed by atoms with Gasteiger partial charge in [-0.1, -0.05) is 310 Å². The molecule has 0 saturated heterocycles. The van der Waals surface area contributed by atoms with Crippen LogP contribution >= 0.6 is 35.3 Å². The summed E-state index contributed by atoms with van der Waals surface area (Å²) in [7, 11) is 0. The summed E-state index contributed by atoms with van der Waals surface area (Å²) in [5, 5.41) is 30.7. The number of carboxylic acids is 3. The fourth-order valence-electron chi connectivity index (χ4n) is 8.72. The van der Waals surface area contributed by atoms with Crippen LogP contribution in [0.2, 0.25) is 4.94 Å². The third-order valence-corrected chi connectivity index (χ3v) is 16.1. The molecule has 0 N–H and O–H groups in total. The topological polar surface area (TPSA) is 120 Å². The number of carbonyl (C=O) groups is 3. The zero-order valence-corrected chi connectivity index (χ0v) is 53.2. The van der Waals surface area contributed by atoms with Crippen LogP contribution in [0.15, 0.2) is 0 Å². The van der Waals surface area contributed by atoms with Crippen LogP contribution < -0.4 is 15.3 Å². The van der Waals surface area contributed by atoms with Gasteiger partial charge >= 0.3 is 27.5 Å². The SMILES string of the molecule is CCCCCCCCCCCCCCCCCCSCC(=O)[O-].CCCCCCCCCCCCCCCCCCSCC(=O)[O-].CCCCCCCCCCCCCCCCCCSCC(=O)[O-].[CH3][Sn+3]. The molecule has 0 aliphatic rings. The van der Waals surface area contributed by atoms with E-state index < -0.39 is 17.9 Å². The van der Waals surface area contributed by atoms with Crippen molar-refractivity contribution in [2.45, 2.75) is 334 Å². The predicted molar refractivity (Wildman–Crippen MR) is 317 cm³/mol. The second-order valence-corrected chi connectivity index (χ2v) is 23.5. The van der Waals surface area contributed by atoms with Gasteiger partial charge in [-0.15, -0.1) is 0 Å². The summed E-state index contributed by atoms with van der Waals surface area (Å²) in [5.41, 5.74) is 0. The maximum atomic E-state index is 10.2. The summed E-state index contributed by atoms with van der Waals surface area (Å²) in [6, 6.07) is 0. The van der Waals surface area contributed by atoms with Crippen molar-refractivity contribution in [3.63, 3.8) is 0 Å². The van der Waals surface area contributed by atoms with Gasteiger partial charge in [0, 0.05) is 17.3 Å². The monoisotopic (exact) mass is 1160 g/mol. The number of hydrogen-bond donors (Lipinski definition) is 0. The molecule has 0 atom stereocenters. The van der Waals surface area contributed by atoms with E-state index in [0.717, 1.165) is 36.5 Å². The van der Waals surface area contributed by atoms with Gasteiger partial charge in [0.15, 0.2) is 0 Å². The number of carbonyl (C=O) groups excluding carboxylic acids is 3. The first-order valence-corrected chi connectivity index (χ1v) is 37.0. The molecule has 0 aliphatic heterocycles. The minimum absolute atomic E-state index is 0.152. The summed E-state index contributed by atoms with van der Waals surface area (Å²) < 4.78 is 0. The van der Waals surface area contributed by atoms with Crippen LogP contribution in [0, 0.1) is 0 Å². The maximum absolute atomic E-state index is 10.2. The van der Waals surface area contributed by atoms with E-state index >= 15 is 0 Å². The van der Waals surface area contributed by atoms with E-state index in [1.165, 1.54) is 324 Å². The molecule has 422 valence electrons. The standard InChI is InChI=1S/3C20H40O2S.CH3.Sn/c3*1-2-3-4-5-6-7-8-9-10-11-12-13-14-15-16-17-18-23-19-20(21)22;;/h3*2-19H2,1H3,(H,21,22);1H3;/q;;;;+3/p-3. The van der Waals surface area contributed by atoms with E-state index in [-0.39, 0.29) is 17.3 Å². The molecule has 0 aromatic heterocycles. The average Bonchev–Trinajstić information content (AvgIpc) is 3.36. The number of rotatable bonds is 57. The van der Waals surface area contributed by atoms with Crippen molar-refractivity contribution in [2.75, 3.05) is 34.5 Å². The van der Waals surface area contributed by atoms with Crippen LogP contribution in [0.1, 0.15) is 329 Å². The van der Waals surface area contributed by atoms with Gasteiger partial charge in [0.05, 0.1) is 17.9 Å². The second kappa shape index (κ2) is 76.8. The number of unbranched alkanes of at least 4 members (excludes halogenated alkanes) is 45. The fourth-order valence-corrected chi connectivity index (χ4v) is 10.9. The molecular formula is C61H120O6S3Sn. The van der Waals surface area contributed by atoms with E-state index in [9.17, 15) is 29.7 Å². The van der Waals surface area contributed by atoms with Crippen molar-refractivity contribution in [2.24, 2.45) is 0 Å². The van der Waals surface area contributed by atoms with Crippen LogP contribution in [0.3, 0.4) is 0 Å². The first-order chi connectivity index (χ1) is 34.8. The summed E-state index contributed by atoms with van der Waals surface area (Å²) in [6.07, 6.45) is 66.2. The number of carboxylic acid groups (broad SMARTS) is 3. The zero-order chi connectivity index (χ0) is 53.0. The van der Waals surface area contributed by atoms with Gasteiger partial charge in [-0.25, -0.2) is 0 Å². The van der Waals surface area contributed by atoms with E-state index in [1.54, 1.807) is 22.5 Å². The molecule has 0 radical (unpaired) electrons. The van der Waals surface area contributed by atoms with E-state index in [0.29, 0.717) is 0 Å². The van der Waals surface area contributed by atoms with Gasteiger partial charge in [0.1, 0.15) is 0 Å². The normalized spacial score (nSPS) is 10.8. The number of hydrogen-bond acceptors (Lipinski definition) is 9. The molecular weight excluding hydrogens is 1040 g/mol. The van der Waals surface area contributed by atoms with E-state index in [1.807, 2.05) is 0 Å². The average molecular weight is 1160 g/mol. The zero-order valence-electron chi connectivity index (χ0n) is 47.9. The van der Waals surface area contributed by atoms with Crippen molar-refractivity contribution in [3.8, 4) is 0 Å². The van der Waals surface area contributed by atoms with Crippen LogP contribution in [0.5, 0.6) is 0 Å². The van der Waals surface area contributed by atoms with Crippen molar-refractivity contribution < 1.29 is 29.7 Å². The molecule has 0 aromatic rings. The molecule has 0 fully saturated rings. The molecule has 10 heteroatoms. The first-order valence-electron chi connectivity index (χ1n) is 30.6. The third kappa shape index (κ3) is 90.2. The molecule has 71 heavy (non-hydrogen) atoms. The fraction of sp³-hybridized carbons (Fsp3) is 0.951. The minimum atomic E-state index is -0.938. The molecule has 0 spiro atoms. The van der Waals surface area contributed by atoms with Crippen LogP contribution in [-0.2, 0) is 14.4 Å². The van der Waals surface area contributed by atoms with Crippen molar-refractivity contribution in [1.82, 2.24) is 0 Å². The molecule has 0 unspecified atom stereocenters. The number of thioether (sulfide) groups is 3. The second-order valence-electron chi connectivity index (χ2n) is 20.2. The van der Waals surface area contributed by atoms with Gasteiger partial charge in [-0.2, -0.15) is 35.3 Å². The van der Waals surface area contributed by atoms with Crippen molar-refractivity contribution in [3.05, 3.63) is 0 Å². The van der Waals surface area contributed by atoms with Crippen molar-refractivity contribution in [1.29, 1.82) is 0 Å². The Balaban J connectivity index is -0.000000465. The first kappa shape index (κ1) is 77.8. The molecule has 0 rings (SSSR count). The Kier molecular flexibility index (Phi) is 84.1. The Morgan fingerprint density at radius 3 is 0.465 bits per heavy atom. The Bertz CT molecular complexity index is 858. The Morgan fingerprint density at radius 1 is 0.239 bits per heavy atom. The van der Waals surface area contributed by atoms with Gasteiger partial charge in [0.2, 0.25) is 0 Å². The third-order valence-electron chi connectivity index (χ3n) is 13.1. The molecule has 0 bridgehead atoms. The number of aliphatic carboxylic acids is 3. The summed E-state index contributed by atoms with van der Waals surface area (Å²) in [5.74, 6) is 0.533. The molecule has 0 amide bonds. The predicted octanol–water partition coefficient (Wildman–Crippen LogP) is 17.4. The quantitative estimate of drug-likeness (QED) is 0.0433. The molecule has 0 heterocycles. The summed E-state index contributed by atoms with van der Waals surface area (Å²) in [4.78, 5) is 32.8. The van der Waals surface area contributed by atoms with E-state index in [2.05, 4.69) is 25.7 Å². The van der Waals surface area contributed by atoms with Gasteiger partial charge < -0.3 is 29.7 Å². The Labute approximate surface area is 470 Å². The van der Waals surface area contributed by atoms with Gasteiger partial charge in [-0.05, 0) is 36.5 Å². The molecule has 0 aliphatic carbocycles.